The Kier molecular flexibility index (Phi) is 5.12. The van der Waals surface area contributed by atoms with Crippen molar-refractivity contribution in [3.8, 4) is 0 Å². The monoisotopic (exact) mass is 385 g/mol. The molecule has 1 amide bonds. The number of halogens is 3. The number of hydrogen-bond donors (Lipinski definition) is 0. The number of carbonyl (C=O) groups excluding carboxylic acids is 1. The SMILES string of the molecule is CC(C)(C)OC(=O)N1CC2(CCC(Cc3cnc(C(F)(F)F)cn3)CC2)C1. The molecule has 0 atom stereocenters. The van der Waals surface area contributed by atoms with Gasteiger partial charge < -0.3 is 9.64 Å². The van der Waals surface area contributed by atoms with Crippen molar-refractivity contribution in [1.82, 2.24) is 14.9 Å². The van der Waals surface area contributed by atoms with E-state index in [1.807, 2.05) is 20.8 Å². The highest BCUT2D eigenvalue weighted by Crippen LogP contribution is 2.46. The molecule has 0 unspecified atom stereocenters. The Labute approximate surface area is 157 Å². The maximum atomic E-state index is 12.5. The molecule has 1 aromatic rings. The molecule has 27 heavy (non-hydrogen) atoms. The van der Waals surface area contributed by atoms with Crippen molar-refractivity contribution < 1.29 is 22.7 Å². The highest BCUT2D eigenvalue weighted by Gasteiger charge is 2.48. The first kappa shape index (κ1) is 19.9. The molecule has 1 spiro atoms. The molecule has 0 aromatic carbocycles. The first-order valence-electron chi connectivity index (χ1n) is 9.32. The van der Waals surface area contributed by atoms with Crippen LogP contribution in [0.25, 0.3) is 0 Å². The Bertz CT molecular complexity index is 667. The predicted octanol–water partition coefficient (Wildman–Crippen LogP) is 4.47. The number of nitrogens with zero attached hydrogens (tertiary/aromatic N) is 3. The van der Waals surface area contributed by atoms with Crippen molar-refractivity contribution in [2.24, 2.45) is 11.3 Å². The predicted molar refractivity (Wildman–Crippen MR) is 92.9 cm³/mol. The van der Waals surface area contributed by atoms with Crippen molar-refractivity contribution in [2.75, 3.05) is 13.1 Å². The maximum absolute atomic E-state index is 12.5. The van der Waals surface area contributed by atoms with E-state index >= 15 is 0 Å². The van der Waals surface area contributed by atoms with Crippen LogP contribution in [0.5, 0.6) is 0 Å². The summed E-state index contributed by atoms with van der Waals surface area (Å²) in [6.45, 7) is 7.03. The van der Waals surface area contributed by atoms with Gasteiger partial charge in [0.05, 0.1) is 11.9 Å². The fraction of sp³-hybridized carbons (Fsp3) is 0.737. The van der Waals surface area contributed by atoms with Crippen LogP contribution in [0.3, 0.4) is 0 Å². The lowest BCUT2D eigenvalue weighted by molar-refractivity contribution is -0.141. The summed E-state index contributed by atoms with van der Waals surface area (Å²) >= 11 is 0. The summed E-state index contributed by atoms with van der Waals surface area (Å²) in [6, 6.07) is 0. The summed E-state index contributed by atoms with van der Waals surface area (Å²) in [6.07, 6.45) is 2.01. The van der Waals surface area contributed by atoms with Crippen molar-refractivity contribution in [3.63, 3.8) is 0 Å². The van der Waals surface area contributed by atoms with Gasteiger partial charge in [0, 0.05) is 24.7 Å². The Balaban J connectivity index is 1.46. The molecular formula is C19H26F3N3O2. The maximum Gasteiger partial charge on any atom is 0.434 e. The van der Waals surface area contributed by atoms with Crippen LogP contribution >= 0.6 is 0 Å². The molecule has 5 nitrogen and oxygen atoms in total. The lowest BCUT2D eigenvalue weighted by Crippen LogP contribution is -2.60. The van der Waals surface area contributed by atoms with Gasteiger partial charge in [-0.15, -0.1) is 0 Å². The van der Waals surface area contributed by atoms with Crippen LogP contribution in [0, 0.1) is 11.3 Å². The Morgan fingerprint density at radius 3 is 2.30 bits per heavy atom. The molecular weight excluding hydrogens is 359 g/mol. The van der Waals surface area contributed by atoms with Crippen LogP contribution in [-0.4, -0.2) is 39.7 Å². The lowest BCUT2D eigenvalue weighted by Gasteiger charge is -2.53. The molecule has 2 fully saturated rings. The standard InChI is InChI=1S/C19H26F3N3O2/c1-17(2,3)27-16(26)25-11-18(12-25)6-4-13(5-7-18)8-14-9-24-15(10-23-14)19(20,21)22/h9-10,13H,4-8,11-12H2,1-3H3. The molecule has 2 heterocycles. The summed E-state index contributed by atoms with van der Waals surface area (Å²) < 4.78 is 43.0. The molecule has 2 aliphatic rings. The second kappa shape index (κ2) is 6.95. The molecule has 1 aromatic heterocycles. The number of ether oxygens (including phenoxy) is 1. The van der Waals surface area contributed by atoms with Crippen molar-refractivity contribution >= 4 is 6.09 Å². The van der Waals surface area contributed by atoms with Gasteiger partial charge in [0.15, 0.2) is 5.69 Å². The van der Waals surface area contributed by atoms with E-state index in [1.165, 1.54) is 6.20 Å². The van der Waals surface area contributed by atoms with Gasteiger partial charge in [-0.2, -0.15) is 13.2 Å². The van der Waals surface area contributed by atoms with E-state index < -0.39 is 17.5 Å². The third kappa shape index (κ3) is 4.90. The van der Waals surface area contributed by atoms with E-state index in [2.05, 4.69) is 9.97 Å². The van der Waals surface area contributed by atoms with Gasteiger partial charge >= 0.3 is 12.3 Å². The average molecular weight is 385 g/mol. The Hall–Kier alpha value is -1.86. The quantitative estimate of drug-likeness (QED) is 0.754. The molecule has 1 aliphatic heterocycles. The van der Waals surface area contributed by atoms with Gasteiger partial charge in [-0.3, -0.25) is 4.98 Å². The molecule has 3 rings (SSSR count). The van der Waals surface area contributed by atoms with Crippen molar-refractivity contribution in [2.45, 2.75) is 64.7 Å². The summed E-state index contributed by atoms with van der Waals surface area (Å²) in [4.78, 5) is 21.2. The van der Waals surface area contributed by atoms with E-state index in [4.69, 9.17) is 4.74 Å². The summed E-state index contributed by atoms with van der Waals surface area (Å²) in [7, 11) is 0. The van der Waals surface area contributed by atoms with Gasteiger partial charge in [0.2, 0.25) is 0 Å². The van der Waals surface area contributed by atoms with Gasteiger partial charge in [-0.1, -0.05) is 0 Å². The van der Waals surface area contributed by atoms with Crippen molar-refractivity contribution in [3.05, 3.63) is 23.8 Å². The number of likely N-dealkylation sites (tertiary alicyclic amines) is 1. The van der Waals surface area contributed by atoms with E-state index in [0.717, 1.165) is 45.0 Å². The molecule has 0 N–H and O–H groups in total. The zero-order valence-electron chi connectivity index (χ0n) is 16.0. The molecule has 0 radical (unpaired) electrons. The number of alkyl halides is 3. The van der Waals surface area contributed by atoms with Crippen molar-refractivity contribution in [1.29, 1.82) is 0 Å². The molecule has 150 valence electrons. The minimum absolute atomic E-state index is 0.180. The lowest BCUT2D eigenvalue weighted by atomic mass is 9.65. The summed E-state index contributed by atoms with van der Waals surface area (Å²) in [5.41, 5.74) is -0.655. The van der Waals surface area contributed by atoms with Gasteiger partial charge in [-0.25, -0.2) is 9.78 Å². The first-order valence-corrected chi connectivity index (χ1v) is 9.32. The number of amides is 1. The normalized spacial score (nSPS) is 20.4. The van der Waals surface area contributed by atoms with Crippen LogP contribution in [0.2, 0.25) is 0 Å². The van der Waals surface area contributed by atoms with E-state index in [1.54, 1.807) is 4.90 Å². The molecule has 1 saturated heterocycles. The van der Waals surface area contributed by atoms with Gasteiger partial charge in [-0.05, 0) is 58.8 Å². The zero-order valence-corrected chi connectivity index (χ0v) is 16.0. The Morgan fingerprint density at radius 2 is 1.81 bits per heavy atom. The second-order valence-corrected chi connectivity index (χ2v) is 8.87. The fourth-order valence-corrected chi connectivity index (χ4v) is 3.93. The average Bonchev–Trinajstić information content (AvgIpc) is 2.51. The third-order valence-corrected chi connectivity index (χ3v) is 5.36. The smallest absolute Gasteiger partial charge is 0.434 e. The van der Waals surface area contributed by atoms with Crippen LogP contribution < -0.4 is 0 Å². The molecule has 8 heteroatoms. The van der Waals surface area contributed by atoms with Crippen LogP contribution in [-0.2, 0) is 17.3 Å². The first-order chi connectivity index (χ1) is 12.5. The van der Waals surface area contributed by atoms with Crippen LogP contribution in [0.15, 0.2) is 12.4 Å². The number of aromatic nitrogens is 2. The van der Waals surface area contributed by atoms with E-state index in [9.17, 15) is 18.0 Å². The summed E-state index contributed by atoms with van der Waals surface area (Å²) in [5, 5.41) is 0. The number of hydrogen-bond acceptors (Lipinski definition) is 4. The summed E-state index contributed by atoms with van der Waals surface area (Å²) in [5.74, 6) is 0.400. The molecule has 1 saturated carbocycles. The second-order valence-electron chi connectivity index (χ2n) is 8.87. The number of carbonyl (C=O) groups is 1. The minimum Gasteiger partial charge on any atom is -0.444 e. The fourth-order valence-electron chi connectivity index (χ4n) is 3.93. The van der Waals surface area contributed by atoms with E-state index in [-0.39, 0.29) is 11.5 Å². The van der Waals surface area contributed by atoms with Crippen LogP contribution in [0.4, 0.5) is 18.0 Å². The Morgan fingerprint density at radius 1 is 1.19 bits per heavy atom. The highest BCUT2D eigenvalue weighted by molar-refractivity contribution is 5.69. The minimum atomic E-state index is -4.45. The molecule has 0 bridgehead atoms. The van der Waals surface area contributed by atoms with Gasteiger partial charge in [0.25, 0.3) is 0 Å². The third-order valence-electron chi connectivity index (χ3n) is 5.36. The number of rotatable bonds is 2. The zero-order chi connectivity index (χ0) is 19.9. The largest absolute Gasteiger partial charge is 0.444 e. The topological polar surface area (TPSA) is 55.3 Å². The molecule has 1 aliphatic carbocycles. The van der Waals surface area contributed by atoms with Gasteiger partial charge in [0.1, 0.15) is 5.60 Å². The van der Waals surface area contributed by atoms with Crippen LogP contribution in [0.1, 0.15) is 57.8 Å². The van der Waals surface area contributed by atoms with E-state index in [0.29, 0.717) is 18.0 Å². The highest BCUT2D eigenvalue weighted by atomic mass is 19.4.